The lowest BCUT2D eigenvalue weighted by Crippen LogP contribution is -2.21. The highest BCUT2D eigenvalue weighted by Gasteiger charge is 2.07. The number of hydrogen-bond donors (Lipinski definition) is 3. The molecule has 1 atom stereocenters. The highest BCUT2D eigenvalue weighted by Crippen LogP contribution is 2.24. The van der Waals surface area contributed by atoms with Crippen LogP contribution in [0.1, 0.15) is 24.9 Å². The molecule has 0 radical (unpaired) electrons. The van der Waals surface area contributed by atoms with Gasteiger partial charge in [-0.05, 0) is 37.6 Å². The number of aromatic nitrogens is 3. The maximum absolute atomic E-state index is 9.43. The Hall–Kier alpha value is -2.08. The van der Waals surface area contributed by atoms with Gasteiger partial charge in [-0.3, -0.25) is 4.68 Å². The summed E-state index contributed by atoms with van der Waals surface area (Å²) in [5.41, 5.74) is 0.859. The molecular weight excluding hydrogens is 244 g/mol. The fourth-order valence-corrected chi connectivity index (χ4v) is 1.90. The van der Waals surface area contributed by atoms with Gasteiger partial charge in [0.2, 0.25) is 0 Å². The summed E-state index contributed by atoms with van der Waals surface area (Å²) >= 11 is 0. The van der Waals surface area contributed by atoms with Crippen molar-refractivity contribution in [1.29, 1.82) is 0 Å². The van der Waals surface area contributed by atoms with Crippen molar-refractivity contribution in [3.8, 4) is 11.5 Å². The molecule has 0 spiro atoms. The summed E-state index contributed by atoms with van der Waals surface area (Å²) in [7, 11) is 0. The first-order valence-corrected chi connectivity index (χ1v) is 6.25. The van der Waals surface area contributed by atoms with Crippen molar-refractivity contribution < 1.29 is 10.2 Å². The lowest BCUT2D eigenvalue weighted by molar-refractivity contribution is 0.444. The van der Waals surface area contributed by atoms with E-state index in [1.165, 1.54) is 6.07 Å². The molecule has 0 bridgehead atoms. The van der Waals surface area contributed by atoms with Crippen LogP contribution in [0.15, 0.2) is 30.6 Å². The Kier molecular flexibility index (Phi) is 4.35. The molecule has 0 amide bonds. The van der Waals surface area contributed by atoms with E-state index < -0.39 is 0 Å². The van der Waals surface area contributed by atoms with Crippen LogP contribution in [0.5, 0.6) is 11.5 Å². The van der Waals surface area contributed by atoms with Gasteiger partial charge in [0, 0.05) is 24.8 Å². The number of aryl methyl sites for hydroxylation is 1. The average Bonchev–Trinajstić information content (AvgIpc) is 2.86. The number of phenols is 2. The lowest BCUT2D eigenvalue weighted by Gasteiger charge is -2.14. The molecular formula is C13H18N4O2. The normalized spacial score (nSPS) is 12.5. The van der Waals surface area contributed by atoms with Crippen molar-refractivity contribution in [2.75, 3.05) is 6.54 Å². The monoisotopic (exact) mass is 262 g/mol. The van der Waals surface area contributed by atoms with E-state index in [9.17, 15) is 10.2 Å². The molecule has 6 heteroatoms. The summed E-state index contributed by atoms with van der Waals surface area (Å²) in [6.07, 6.45) is 4.42. The topological polar surface area (TPSA) is 83.2 Å². The molecule has 0 aliphatic rings. The van der Waals surface area contributed by atoms with Crippen molar-refractivity contribution in [1.82, 2.24) is 20.3 Å². The number of phenolic OH excluding ortho intramolecular Hbond substituents is 2. The van der Waals surface area contributed by atoms with Crippen molar-refractivity contribution in [3.05, 3.63) is 36.2 Å². The van der Waals surface area contributed by atoms with Gasteiger partial charge in [-0.2, -0.15) is 0 Å². The molecule has 102 valence electrons. The summed E-state index contributed by atoms with van der Waals surface area (Å²) in [6.45, 7) is 3.62. The Morgan fingerprint density at radius 3 is 2.63 bits per heavy atom. The number of benzene rings is 1. The molecule has 0 aliphatic carbocycles. The fraction of sp³-hybridized carbons (Fsp3) is 0.385. The Morgan fingerprint density at radius 2 is 2.00 bits per heavy atom. The summed E-state index contributed by atoms with van der Waals surface area (Å²) in [6, 6.07) is 4.68. The number of nitrogens with zero attached hydrogens (tertiary/aromatic N) is 3. The van der Waals surface area contributed by atoms with E-state index in [4.69, 9.17) is 0 Å². The van der Waals surface area contributed by atoms with Crippen LogP contribution in [0.2, 0.25) is 0 Å². The number of nitrogens with one attached hydrogen (secondary N) is 1. The van der Waals surface area contributed by atoms with Crippen LogP contribution in [0.4, 0.5) is 0 Å². The van der Waals surface area contributed by atoms with E-state index in [1.807, 2.05) is 13.1 Å². The Morgan fingerprint density at radius 1 is 1.26 bits per heavy atom. The third kappa shape index (κ3) is 3.96. The van der Waals surface area contributed by atoms with Crippen molar-refractivity contribution in [2.24, 2.45) is 0 Å². The van der Waals surface area contributed by atoms with Gasteiger partial charge in [0.25, 0.3) is 0 Å². The summed E-state index contributed by atoms with van der Waals surface area (Å²) in [5.74, 6) is 0.150. The molecule has 1 aromatic heterocycles. The number of hydrogen-bond acceptors (Lipinski definition) is 5. The second-order valence-corrected chi connectivity index (χ2v) is 4.48. The second kappa shape index (κ2) is 6.19. The minimum absolute atomic E-state index is 0.0637. The van der Waals surface area contributed by atoms with Crippen LogP contribution < -0.4 is 5.32 Å². The first-order chi connectivity index (χ1) is 9.15. The van der Waals surface area contributed by atoms with Gasteiger partial charge in [0.15, 0.2) is 0 Å². The maximum atomic E-state index is 9.43. The molecule has 1 heterocycles. The Bertz CT molecular complexity index is 493. The van der Waals surface area contributed by atoms with E-state index >= 15 is 0 Å². The maximum Gasteiger partial charge on any atom is 0.119 e. The van der Waals surface area contributed by atoms with E-state index in [0.717, 1.165) is 25.1 Å². The third-order valence-electron chi connectivity index (χ3n) is 2.91. The van der Waals surface area contributed by atoms with Gasteiger partial charge in [-0.15, -0.1) is 5.10 Å². The average molecular weight is 262 g/mol. The van der Waals surface area contributed by atoms with Gasteiger partial charge in [0.1, 0.15) is 11.5 Å². The van der Waals surface area contributed by atoms with Gasteiger partial charge < -0.3 is 15.5 Å². The van der Waals surface area contributed by atoms with Gasteiger partial charge >= 0.3 is 0 Å². The zero-order valence-electron chi connectivity index (χ0n) is 10.8. The van der Waals surface area contributed by atoms with Crippen molar-refractivity contribution in [2.45, 2.75) is 25.9 Å². The fourth-order valence-electron chi connectivity index (χ4n) is 1.90. The van der Waals surface area contributed by atoms with Crippen molar-refractivity contribution in [3.63, 3.8) is 0 Å². The second-order valence-electron chi connectivity index (χ2n) is 4.48. The van der Waals surface area contributed by atoms with Gasteiger partial charge in [0.05, 0.1) is 6.20 Å². The van der Waals surface area contributed by atoms with Gasteiger partial charge in [-0.1, -0.05) is 5.21 Å². The zero-order valence-corrected chi connectivity index (χ0v) is 10.8. The summed E-state index contributed by atoms with van der Waals surface area (Å²) in [5, 5.41) is 29.8. The van der Waals surface area contributed by atoms with Gasteiger partial charge in [-0.25, -0.2) is 0 Å². The van der Waals surface area contributed by atoms with E-state index in [-0.39, 0.29) is 17.5 Å². The standard InChI is InChI=1S/C13H18N4O2/c1-10(11-7-12(18)9-13(19)8-11)14-3-2-5-17-6-4-15-16-17/h4,6-10,14,18-19H,2-3,5H2,1H3. The van der Waals surface area contributed by atoms with Crippen LogP contribution in [0, 0.1) is 0 Å². The van der Waals surface area contributed by atoms with Crippen LogP contribution in [0.3, 0.4) is 0 Å². The smallest absolute Gasteiger partial charge is 0.119 e. The highest BCUT2D eigenvalue weighted by atomic mass is 16.3. The van der Waals surface area contributed by atoms with E-state index in [2.05, 4.69) is 15.6 Å². The van der Waals surface area contributed by atoms with E-state index in [1.54, 1.807) is 23.0 Å². The van der Waals surface area contributed by atoms with E-state index in [0.29, 0.717) is 0 Å². The predicted octanol–water partition coefficient (Wildman–Crippen LogP) is 1.43. The molecule has 2 rings (SSSR count). The Balaban J connectivity index is 1.79. The van der Waals surface area contributed by atoms with Crippen LogP contribution in [-0.2, 0) is 6.54 Å². The molecule has 0 saturated carbocycles. The lowest BCUT2D eigenvalue weighted by atomic mass is 10.1. The third-order valence-corrected chi connectivity index (χ3v) is 2.91. The molecule has 1 unspecified atom stereocenters. The molecule has 0 aliphatic heterocycles. The molecule has 3 N–H and O–H groups in total. The predicted molar refractivity (Wildman–Crippen MR) is 70.8 cm³/mol. The SMILES string of the molecule is CC(NCCCn1ccnn1)c1cc(O)cc(O)c1. The van der Waals surface area contributed by atoms with Crippen LogP contribution in [-0.4, -0.2) is 31.8 Å². The molecule has 6 nitrogen and oxygen atoms in total. The first kappa shape index (κ1) is 13.4. The largest absolute Gasteiger partial charge is 0.508 e. The Labute approximate surface area is 111 Å². The minimum Gasteiger partial charge on any atom is -0.508 e. The molecule has 1 aromatic carbocycles. The molecule has 0 saturated heterocycles. The highest BCUT2D eigenvalue weighted by molar-refractivity contribution is 5.37. The summed E-state index contributed by atoms with van der Waals surface area (Å²) in [4.78, 5) is 0. The quantitative estimate of drug-likeness (QED) is 0.686. The minimum atomic E-state index is 0.0637. The van der Waals surface area contributed by atoms with Crippen LogP contribution in [0.25, 0.3) is 0 Å². The first-order valence-electron chi connectivity index (χ1n) is 6.25. The van der Waals surface area contributed by atoms with Crippen molar-refractivity contribution >= 4 is 0 Å². The zero-order chi connectivity index (χ0) is 13.7. The molecule has 0 fully saturated rings. The molecule has 19 heavy (non-hydrogen) atoms. The molecule has 2 aromatic rings. The number of aromatic hydroxyl groups is 2. The number of rotatable bonds is 6. The van der Waals surface area contributed by atoms with Crippen LogP contribution >= 0.6 is 0 Å². The summed E-state index contributed by atoms with van der Waals surface area (Å²) < 4.78 is 1.78.